The van der Waals surface area contributed by atoms with Crippen molar-refractivity contribution in [1.29, 1.82) is 0 Å². The summed E-state index contributed by atoms with van der Waals surface area (Å²) in [7, 11) is 0. The monoisotopic (exact) mass is 269 g/mol. The summed E-state index contributed by atoms with van der Waals surface area (Å²) in [6.45, 7) is 1.77. The molecule has 0 atom stereocenters. The quantitative estimate of drug-likeness (QED) is 0.879. The van der Waals surface area contributed by atoms with E-state index in [1.165, 1.54) is 6.33 Å². The van der Waals surface area contributed by atoms with E-state index in [0.29, 0.717) is 27.1 Å². The average molecular weight is 270 g/mol. The van der Waals surface area contributed by atoms with Gasteiger partial charge >= 0.3 is 0 Å². The number of hydrogen-bond acceptors (Lipinski definition) is 2. The first-order valence-electron chi connectivity index (χ1n) is 4.84. The van der Waals surface area contributed by atoms with Crippen molar-refractivity contribution in [1.82, 2.24) is 9.97 Å². The summed E-state index contributed by atoms with van der Waals surface area (Å²) in [6.07, 6.45) is 1.47. The maximum Gasteiger partial charge on any atom is 0.276 e. The van der Waals surface area contributed by atoms with Gasteiger partial charge in [-0.3, -0.25) is 4.79 Å². The number of nitrogens with one attached hydrogen (secondary N) is 2. The van der Waals surface area contributed by atoms with Crippen LogP contribution in [0.2, 0.25) is 10.0 Å². The molecule has 1 aromatic carbocycles. The molecular formula is C11H9Cl2N3O. The molecule has 0 aliphatic heterocycles. The molecule has 0 unspecified atom stereocenters. The zero-order valence-electron chi connectivity index (χ0n) is 8.92. The van der Waals surface area contributed by atoms with Gasteiger partial charge in [-0.25, -0.2) is 4.98 Å². The van der Waals surface area contributed by atoms with Gasteiger partial charge in [-0.1, -0.05) is 23.2 Å². The Bertz CT molecular complexity index is 566. The van der Waals surface area contributed by atoms with Crippen LogP contribution in [0.5, 0.6) is 0 Å². The van der Waals surface area contributed by atoms with Gasteiger partial charge in [0.05, 0.1) is 16.4 Å². The van der Waals surface area contributed by atoms with E-state index >= 15 is 0 Å². The Kier molecular flexibility index (Phi) is 3.36. The standard InChI is InChI=1S/C11H9Cl2N3O/c1-6-10(15-5-14-6)11(17)16-7-2-3-8(12)9(13)4-7/h2-5H,1H3,(H,14,15)(H,16,17). The van der Waals surface area contributed by atoms with Gasteiger partial charge in [-0.2, -0.15) is 0 Å². The van der Waals surface area contributed by atoms with Gasteiger partial charge in [-0.15, -0.1) is 0 Å². The Morgan fingerprint density at radius 2 is 2.12 bits per heavy atom. The highest BCUT2D eigenvalue weighted by Crippen LogP contribution is 2.25. The highest BCUT2D eigenvalue weighted by molar-refractivity contribution is 6.42. The van der Waals surface area contributed by atoms with Crippen LogP contribution in [0, 0.1) is 6.92 Å². The minimum Gasteiger partial charge on any atom is -0.348 e. The molecule has 0 saturated heterocycles. The Morgan fingerprint density at radius 3 is 2.71 bits per heavy atom. The molecule has 0 aliphatic carbocycles. The number of hydrogen-bond donors (Lipinski definition) is 2. The molecule has 0 saturated carbocycles. The number of imidazole rings is 1. The summed E-state index contributed by atoms with van der Waals surface area (Å²) >= 11 is 11.6. The van der Waals surface area contributed by atoms with Crippen LogP contribution in [0.1, 0.15) is 16.2 Å². The zero-order valence-corrected chi connectivity index (χ0v) is 10.4. The van der Waals surface area contributed by atoms with Crippen molar-refractivity contribution >= 4 is 34.8 Å². The van der Waals surface area contributed by atoms with Crippen molar-refractivity contribution in [2.45, 2.75) is 6.92 Å². The van der Waals surface area contributed by atoms with Gasteiger partial charge in [0.25, 0.3) is 5.91 Å². The average Bonchev–Trinajstić information content (AvgIpc) is 2.70. The topological polar surface area (TPSA) is 57.8 Å². The molecule has 4 nitrogen and oxygen atoms in total. The molecule has 0 fully saturated rings. The number of carbonyl (C=O) groups is 1. The van der Waals surface area contributed by atoms with E-state index in [-0.39, 0.29) is 5.91 Å². The van der Waals surface area contributed by atoms with E-state index in [2.05, 4.69) is 15.3 Å². The number of halogens is 2. The molecule has 2 rings (SSSR count). The van der Waals surface area contributed by atoms with Crippen LogP contribution in [0.3, 0.4) is 0 Å². The predicted molar refractivity (Wildman–Crippen MR) is 67.7 cm³/mol. The normalized spacial score (nSPS) is 10.3. The molecule has 2 aromatic rings. The van der Waals surface area contributed by atoms with Gasteiger partial charge in [0.1, 0.15) is 5.69 Å². The number of carbonyl (C=O) groups excluding carboxylic acids is 1. The van der Waals surface area contributed by atoms with Crippen molar-refractivity contribution in [2.75, 3.05) is 5.32 Å². The summed E-state index contributed by atoms with van der Waals surface area (Å²) in [5.74, 6) is -0.290. The molecular weight excluding hydrogens is 261 g/mol. The van der Waals surface area contributed by atoms with E-state index in [1.807, 2.05) is 0 Å². The number of nitrogens with zero attached hydrogens (tertiary/aromatic N) is 1. The third-order valence-corrected chi connectivity index (χ3v) is 2.96. The molecule has 0 bridgehead atoms. The number of H-pyrrole nitrogens is 1. The lowest BCUT2D eigenvalue weighted by Gasteiger charge is -2.05. The van der Waals surface area contributed by atoms with Crippen LogP contribution >= 0.6 is 23.2 Å². The predicted octanol–water partition coefficient (Wildman–Crippen LogP) is 3.28. The van der Waals surface area contributed by atoms with Crippen LogP contribution in [0.4, 0.5) is 5.69 Å². The molecule has 6 heteroatoms. The molecule has 0 spiro atoms. The molecule has 1 aromatic heterocycles. The second kappa shape index (κ2) is 4.77. The van der Waals surface area contributed by atoms with Crippen LogP contribution in [-0.2, 0) is 0 Å². The van der Waals surface area contributed by atoms with E-state index < -0.39 is 0 Å². The lowest BCUT2D eigenvalue weighted by Crippen LogP contribution is -2.13. The molecule has 0 radical (unpaired) electrons. The van der Waals surface area contributed by atoms with Crippen LogP contribution in [0.15, 0.2) is 24.5 Å². The Morgan fingerprint density at radius 1 is 1.35 bits per heavy atom. The molecule has 0 aliphatic rings. The Labute approximate surface area is 108 Å². The maximum absolute atomic E-state index is 11.8. The van der Waals surface area contributed by atoms with Gasteiger partial charge in [0, 0.05) is 11.4 Å². The molecule has 17 heavy (non-hydrogen) atoms. The lowest BCUT2D eigenvalue weighted by molar-refractivity contribution is 0.102. The van der Waals surface area contributed by atoms with Crippen molar-refractivity contribution in [3.63, 3.8) is 0 Å². The molecule has 88 valence electrons. The minimum absolute atomic E-state index is 0.290. The van der Waals surface area contributed by atoms with E-state index in [4.69, 9.17) is 23.2 Å². The number of aromatic nitrogens is 2. The van der Waals surface area contributed by atoms with Gasteiger partial charge < -0.3 is 10.3 Å². The first-order valence-corrected chi connectivity index (χ1v) is 5.60. The summed E-state index contributed by atoms with van der Waals surface area (Å²) in [6, 6.07) is 4.88. The van der Waals surface area contributed by atoms with E-state index in [0.717, 1.165) is 0 Å². The van der Waals surface area contributed by atoms with Crippen molar-refractivity contribution in [2.24, 2.45) is 0 Å². The highest BCUT2D eigenvalue weighted by Gasteiger charge is 2.12. The first-order chi connectivity index (χ1) is 8.08. The number of benzene rings is 1. The summed E-state index contributed by atoms with van der Waals surface area (Å²) < 4.78 is 0. The third-order valence-electron chi connectivity index (χ3n) is 2.22. The number of anilines is 1. The number of rotatable bonds is 2. The zero-order chi connectivity index (χ0) is 12.4. The molecule has 1 heterocycles. The summed E-state index contributed by atoms with van der Waals surface area (Å²) in [5, 5.41) is 3.53. The Hall–Kier alpha value is -1.52. The summed E-state index contributed by atoms with van der Waals surface area (Å²) in [5.41, 5.74) is 1.64. The largest absolute Gasteiger partial charge is 0.348 e. The van der Waals surface area contributed by atoms with Gasteiger partial charge in [0.15, 0.2) is 0 Å². The van der Waals surface area contributed by atoms with Gasteiger partial charge in [0.2, 0.25) is 0 Å². The van der Waals surface area contributed by atoms with Crippen LogP contribution in [0.25, 0.3) is 0 Å². The van der Waals surface area contributed by atoms with Crippen LogP contribution in [-0.4, -0.2) is 15.9 Å². The van der Waals surface area contributed by atoms with Crippen molar-refractivity contribution in [3.05, 3.63) is 46.0 Å². The lowest BCUT2D eigenvalue weighted by atomic mass is 10.3. The molecule has 2 N–H and O–H groups in total. The first kappa shape index (κ1) is 12.0. The minimum atomic E-state index is -0.290. The fourth-order valence-electron chi connectivity index (χ4n) is 1.35. The second-order valence-corrected chi connectivity index (χ2v) is 4.27. The smallest absolute Gasteiger partial charge is 0.276 e. The number of amides is 1. The second-order valence-electron chi connectivity index (χ2n) is 3.46. The fraction of sp³-hybridized carbons (Fsp3) is 0.0909. The third kappa shape index (κ3) is 2.60. The molecule has 1 amide bonds. The highest BCUT2D eigenvalue weighted by atomic mass is 35.5. The Balaban J connectivity index is 2.19. The number of aromatic amines is 1. The summed E-state index contributed by atoms with van der Waals surface area (Å²) in [4.78, 5) is 18.6. The van der Waals surface area contributed by atoms with Crippen molar-refractivity contribution < 1.29 is 4.79 Å². The van der Waals surface area contributed by atoms with Crippen molar-refractivity contribution in [3.8, 4) is 0 Å². The fourth-order valence-corrected chi connectivity index (χ4v) is 1.65. The van der Waals surface area contributed by atoms with E-state index in [9.17, 15) is 4.79 Å². The van der Waals surface area contributed by atoms with Gasteiger partial charge in [-0.05, 0) is 25.1 Å². The number of aryl methyl sites for hydroxylation is 1. The SMILES string of the molecule is Cc1[nH]cnc1C(=O)Nc1ccc(Cl)c(Cl)c1. The van der Waals surface area contributed by atoms with Crippen LogP contribution < -0.4 is 5.32 Å². The maximum atomic E-state index is 11.8. The van der Waals surface area contributed by atoms with E-state index in [1.54, 1.807) is 25.1 Å².